The van der Waals surface area contributed by atoms with Gasteiger partial charge in [-0.15, -0.1) is 0 Å². The van der Waals surface area contributed by atoms with Crippen LogP contribution in [0.25, 0.3) is 0 Å². The Balaban J connectivity index is 1.68. The average Bonchev–Trinajstić information content (AvgIpc) is 2.67. The van der Waals surface area contributed by atoms with E-state index in [9.17, 15) is 9.59 Å². The Hall–Kier alpha value is -0.570. The molecule has 5 aliphatic rings. The molecule has 0 radical (unpaired) electrons. The van der Waals surface area contributed by atoms with Gasteiger partial charge in [0.15, 0.2) is 0 Å². The van der Waals surface area contributed by atoms with E-state index in [2.05, 4.69) is 18.7 Å². The molecule has 116 valence electrons. The summed E-state index contributed by atoms with van der Waals surface area (Å²) in [5.41, 5.74) is 0.788. The molecule has 1 aliphatic heterocycles. The summed E-state index contributed by atoms with van der Waals surface area (Å²) in [7, 11) is 0. The highest BCUT2D eigenvalue weighted by molar-refractivity contribution is 6.64. The van der Waals surface area contributed by atoms with Crippen LogP contribution in [-0.2, 0) is 9.59 Å². The first-order valence-electron chi connectivity index (χ1n) is 8.23. The van der Waals surface area contributed by atoms with Crippen LogP contribution in [0.5, 0.6) is 0 Å². The molecule has 3 nitrogen and oxygen atoms in total. The number of likely N-dealkylation sites (tertiary alicyclic amines) is 1. The highest BCUT2D eigenvalue weighted by Crippen LogP contribution is 2.68. The number of amides is 1. The predicted octanol–water partition coefficient (Wildman–Crippen LogP) is 3.35. The number of halogens is 1. The molecule has 3 atom stereocenters. The molecule has 0 aromatic carbocycles. The monoisotopic (exact) mass is 309 g/mol. The van der Waals surface area contributed by atoms with Crippen LogP contribution < -0.4 is 0 Å². The molecule has 0 aromatic rings. The van der Waals surface area contributed by atoms with Gasteiger partial charge in [-0.3, -0.25) is 9.59 Å². The summed E-state index contributed by atoms with van der Waals surface area (Å²) in [4.78, 5) is 26.1. The smallest absolute Gasteiger partial charge is 0.227 e. The summed E-state index contributed by atoms with van der Waals surface area (Å²) in [6.45, 7) is 5.38. The van der Waals surface area contributed by atoms with E-state index in [0.29, 0.717) is 23.8 Å². The molecule has 0 N–H and O–H groups in total. The van der Waals surface area contributed by atoms with Crippen molar-refractivity contribution in [2.45, 2.75) is 64.3 Å². The van der Waals surface area contributed by atoms with Crippen molar-refractivity contribution in [1.82, 2.24) is 4.90 Å². The van der Waals surface area contributed by atoms with Crippen molar-refractivity contribution in [3.05, 3.63) is 0 Å². The van der Waals surface area contributed by atoms with E-state index in [1.807, 2.05) is 0 Å². The van der Waals surface area contributed by atoms with Gasteiger partial charge in [-0.05, 0) is 66.9 Å². The molecule has 4 saturated carbocycles. The maximum atomic E-state index is 12.5. The van der Waals surface area contributed by atoms with Crippen molar-refractivity contribution in [2.24, 2.45) is 22.7 Å². The Morgan fingerprint density at radius 1 is 1.14 bits per heavy atom. The Bertz CT molecular complexity index is 513. The van der Waals surface area contributed by atoms with Crippen LogP contribution in [0.3, 0.4) is 0 Å². The third-order valence-electron chi connectivity index (χ3n) is 6.62. The molecular formula is C17H24ClNO2. The summed E-state index contributed by atoms with van der Waals surface area (Å²) in [6.07, 6.45) is 7.67. The second kappa shape index (κ2) is 4.04. The van der Waals surface area contributed by atoms with Crippen molar-refractivity contribution in [3.8, 4) is 0 Å². The van der Waals surface area contributed by atoms with Crippen LogP contribution in [0.2, 0.25) is 0 Å². The lowest BCUT2D eigenvalue weighted by atomic mass is 9.42. The summed E-state index contributed by atoms with van der Waals surface area (Å²) in [5, 5.41) is -0.340. The molecule has 1 saturated heterocycles. The fraction of sp³-hybridized carbons (Fsp3) is 0.882. The number of carbonyl (C=O) groups excluding carboxylic acids is 2. The minimum Gasteiger partial charge on any atom is -0.336 e. The maximum absolute atomic E-state index is 12.5. The van der Waals surface area contributed by atoms with Crippen LogP contribution in [0, 0.1) is 22.7 Å². The maximum Gasteiger partial charge on any atom is 0.227 e. The van der Waals surface area contributed by atoms with Gasteiger partial charge in [0, 0.05) is 18.5 Å². The van der Waals surface area contributed by atoms with Gasteiger partial charge in [0.2, 0.25) is 11.1 Å². The standard InChI is InChI=1S/C17H24ClNO2/c1-15-4-11-5-16(2,8-15)10-17(6-11,9-15)19-7-12(14(18)21)3-13(19)20/h11-12H,3-10H2,1-2H3/t11?,12-,15+,16+,17?/m1/s1. The van der Waals surface area contributed by atoms with Gasteiger partial charge in [0.05, 0.1) is 5.92 Å². The molecule has 0 unspecified atom stereocenters. The van der Waals surface area contributed by atoms with Crippen LogP contribution in [0.1, 0.15) is 58.8 Å². The van der Waals surface area contributed by atoms with Crippen molar-refractivity contribution in [1.29, 1.82) is 0 Å². The lowest BCUT2D eigenvalue weighted by Crippen LogP contribution is -2.65. The summed E-state index contributed by atoms with van der Waals surface area (Å²) in [5.74, 6) is 0.630. The number of nitrogens with zero attached hydrogens (tertiary/aromatic N) is 1. The lowest BCUT2D eigenvalue weighted by molar-refractivity contribution is -0.170. The van der Waals surface area contributed by atoms with Crippen LogP contribution in [0.15, 0.2) is 0 Å². The zero-order chi connectivity index (χ0) is 15.0. The van der Waals surface area contributed by atoms with E-state index in [1.54, 1.807) is 0 Å². The average molecular weight is 310 g/mol. The molecular weight excluding hydrogens is 286 g/mol. The van der Waals surface area contributed by atoms with Crippen molar-refractivity contribution < 1.29 is 9.59 Å². The van der Waals surface area contributed by atoms with E-state index < -0.39 is 0 Å². The highest BCUT2D eigenvalue weighted by atomic mass is 35.5. The molecule has 4 heteroatoms. The van der Waals surface area contributed by atoms with Crippen molar-refractivity contribution in [2.75, 3.05) is 6.54 Å². The SMILES string of the molecule is C[C@@]12CC3CC(N4C[C@H](C(=O)Cl)CC4=O)(C1)C[C@@](C)(C3)C2. The minimum absolute atomic E-state index is 0.0150. The van der Waals surface area contributed by atoms with Gasteiger partial charge in [-0.1, -0.05) is 13.8 Å². The van der Waals surface area contributed by atoms with Crippen molar-refractivity contribution >= 4 is 22.8 Å². The van der Waals surface area contributed by atoms with Gasteiger partial charge in [0.1, 0.15) is 0 Å². The molecule has 4 bridgehead atoms. The molecule has 5 fully saturated rings. The molecule has 5 rings (SSSR count). The molecule has 0 aromatic heterocycles. The summed E-state index contributed by atoms with van der Waals surface area (Å²) >= 11 is 5.66. The quantitative estimate of drug-likeness (QED) is 0.734. The Kier molecular flexibility index (Phi) is 2.70. The Morgan fingerprint density at radius 3 is 2.24 bits per heavy atom. The highest BCUT2D eigenvalue weighted by Gasteiger charge is 2.63. The zero-order valence-electron chi connectivity index (χ0n) is 13.0. The second-order valence-electron chi connectivity index (χ2n) is 9.06. The van der Waals surface area contributed by atoms with Gasteiger partial charge in [-0.2, -0.15) is 0 Å². The van der Waals surface area contributed by atoms with Crippen LogP contribution >= 0.6 is 11.6 Å². The summed E-state index contributed by atoms with van der Waals surface area (Å²) < 4.78 is 0. The fourth-order valence-corrected chi connectivity index (χ4v) is 7.15. The molecule has 4 aliphatic carbocycles. The first-order chi connectivity index (χ1) is 9.73. The number of carbonyl (C=O) groups is 2. The van der Waals surface area contributed by atoms with Gasteiger partial charge >= 0.3 is 0 Å². The molecule has 1 heterocycles. The van der Waals surface area contributed by atoms with E-state index in [-0.39, 0.29) is 22.6 Å². The second-order valence-corrected chi connectivity index (χ2v) is 9.44. The fourth-order valence-electron chi connectivity index (χ4n) is 7.01. The number of hydrogen-bond donors (Lipinski definition) is 0. The van der Waals surface area contributed by atoms with Gasteiger partial charge in [-0.25, -0.2) is 0 Å². The van der Waals surface area contributed by atoms with Crippen LogP contribution in [0.4, 0.5) is 0 Å². The lowest BCUT2D eigenvalue weighted by Gasteiger charge is -2.67. The van der Waals surface area contributed by atoms with Gasteiger partial charge in [0.25, 0.3) is 0 Å². The van der Waals surface area contributed by atoms with E-state index in [4.69, 9.17) is 11.6 Å². The first-order valence-corrected chi connectivity index (χ1v) is 8.60. The van der Waals surface area contributed by atoms with E-state index in [0.717, 1.165) is 25.2 Å². The molecule has 0 spiro atoms. The molecule has 1 amide bonds. The molecule has 21 heavy (non-hydrogen) atoms. The zero-order valence-corrected chi connectivity index (χ0v) is 13.7. The Morgan fingerprint density at radius 2 is 1.76 bits per heavy atom. The summed E-state index contributed by atoms with van der Waals surface area (Å²) in [6, 6.07) is 0. The minimum atomic E-state index is -0.340. The third-order valence-corrected chi connectivity index (χ3v) is 6.92. The van der Waals surface area contributed by atoms with Crippen LogP contribution in [-0.4, -0.2) is 28.1 Å². The number of rotatable bonds is 2. The Labute approximate surface area is 131 Å². The predicted molar refractivity (Wildman–Crippen MR) is 80.8 cm³/mol. The largest absolute Gasteiger partial charge is 0.336 e. The third kappa shape index (κ3) is 1.99. The van der Waals surface area contributed by atoms with E-state index in [1.165, 1.54) is 19.3 Å². The van der Waals surface area contributed by atoms with Gasteiger partial charge < -0.3 is 4.90 Å². The van der Waals surface area contributed by atoms with Crippen molar-refractivity contribution in [3.63, 3.8) is 0 Å². The topological polar surface area (TPSA) is 37.4 Å². The first kappa shape index (κ1) is 14.0. The van der Waals surface area contributed by atoms with E-state index >= 15 is 0 Å². The normalized spacial score (nSPS) is 51.8. The number of hydrogen-bond acceptors (Lipinski definition) is 2.